The number of aryl methyl sites for hydroxylation is 1. The first-order chi connectivity index (χ1) is 9.75. The van der Waals surface area contributed by atoms with Crippen LogP contribution in [0.1, 0.15) is 24.8 Å². The molecule has 4 heteroatoms. The second kappa shape index (κ2) is 8.02. The number of hydrogen-bond acceptors (Lipinski definition) is 4. The number of hydrogen-bond donors (Lipinski definition) is 1. The number of esters is 1. The van der Waals surface area contributed by atoms with Gasteiger partial charge in [-0.2, -0.15) is 0 Å². The third kappa shape index (κ3) is 4.94. The summed E-state index contributed by atoms with van der Waals surface area (Å²) in [5.74, 6) is 0.140. The van der Waals surface area contributed by atoms with E-state index >= 15 is 0 Å². The maximum Gasteiger partial charge on any atom is 0.322 e. The number of benzene rings is 1. The first-order valence-electron chi connectivity index (χ1n) is 7.29. The van der Waals surface area contributed by atoms with Gasteiger partial charge in [-0.05, 0) is 37.2 Å². The monoisotopic (exact) mass is 277 g/mol. The Morgan fingerprint density at radius 2 is 2.00 bits per heavy atom. The first kappa shape index (κ1) is 15.0. The zero-order chi connectivity index (χ0) is 14.2. The van der Waals surface area contributed by atoms with Crippen LogP contribution in [0.15, 0.2) is 30.3 Å². The minimum absolute atomic E-state index is 0.285. The summed E-state index contributed by atoms with van der Waals surface area (Å²) in [5, 5.41) is 0. The summed E-state index contributed by atoms with van der Waals surface area (Å²) < 4.78 is 10.6. The molecule has 110 valence electrons. The average Bonchev–Trinajstić information content (AvgIpc) is 2.52. The molecular formula is C16H23NO3. The fourth-order valence-corrected chi connectivity index (χ4v) is 2.30. The molecule has 0 aliphatic carbocycles. The summed E-state index contributed by atoms with van der Waals surface area (Å²) in [6.07, 6.45) is 3.35. The smallest absolute Gasteiger partial charge is 0.322 e. The Morgan fingerprint density at radius 3 is 2.70 bits per heavy atom. The van der Waals surface area contributed by atoms with Gasteiger partial charge in [0.15, 0.2) is 0 Å². The number of rotatable bonds is 6. The van der Waals surface area contributed by atoms with Crippen LogP contribution in [0.2, 0.25) is 0 Å². The normalized spacial score (nSPS) is 17.6. The molecular weight excluding hydrogens is 254 g/mol. The first-order valence-corrected chi connectivity index (χ1v) is 7.29. The quantitative estimate of drug-likeness (QED) is 0.807. The van der Waals surface area contributed by atoms with Crippen molar-refractivity contribution in [2.24, 2.45) is 11.7 Å². The molecule has 1 heterocycles. The molecule has 2 rings (SSSR count). The molecule has 1 aromatic rings. The van der Waals surface area contributed by atoms with Crippen molar-refractivity contribution in [2.75, 3.05) is 19.8 Å². The van der Waals surface area contributed by atoms with Crippen LogP contribution in [0.3, 0.4) is 0 Å². The van der Waals surface area contributed by atoms with E-state index in [4.69, 9.17) is 15.2 Å². The SMILES string of the molecule is N[C@@H](CCc1ccccc1)C(=O)OCC1CCOCC1. The third-order valence-corrected chi connectivity index (χ3v) is 3.69. The lowest BCUT2D eigenvalue weighted by molar-refractivity contribution is -0.147. The van der Waals surface area contributed by atoms with Gasteiger partial charge in [0.2, 0.25) is 0 Å². The summed E-state index contributed by atoms with van der Waals surface area (Å²) in [5.41, 5.74) is 7.08. The molecule has 1 saturated heterocycles. The highest BCUT2D eigenvalue weighted by Gasteiger charge is 2.19. The van der Waals surface area contributed by atoms with Crippen molar-refractivity contribution in [3.05, 3.63) is 35.9 Å². The van der Waals surface area contributed by atoms with Crippen molar-refractivity contribution in [3.8, 4) is 0 Å². The lowest BCUT2D eigenvalue weighted by Crippen LogP contribution is -2.34. The fraction of sp³-hybridized carbons (Fsp3) is 0.562. The van der Waals surface area contributed by atoms with Crippen molar-refractivity contribution in [3.63, 3.8) is 0 Å². The number of carbonyl (C=O) groups excluding carboxylic acids is 1. The molecule has 0 bridgehead atoms. The van der Waals surface area contributed by atoms with Crippen molar-refractivity contribution < 1.29 is 14.3 Å². The molecule has 4 nitrogen and oxygen atoms in total. The number of nitrogens with two attached hydrogens (primary N) is 1. The molecule has 0 unspecified atom stereocenters. The van der Waals surface area contributed by atoms with Crippen LogP contribution in [-0.4, -0.2) is 31.8 Å². The standard InChI is InChI=1S/C16H23NO3/c17-15(7-6-13-4-2-1-3-5-13)16(18)20-12-14-8-10-19-11-9-14/h1-5,14-15H,6-12,17H2/t15-/m0/s1. The van der Waals surface area contributed by atoms with Crippen molar-refractivity contribution in [2.45, 2.75) is 31.7 Å². The second-order valence-electron chi connectivity index (χ2n) is 5.32. The van der Waals surface area contributed by atoms with Crippen LogP contribution in [0.4, 0.5) is 0 Å². The molecule has 2 N–H and O–H groups in total. The molecule has 1 aliphatic heterocycles. The third-order valence-electron chi connectivity index (χ3n) is 3.69. The summed E-state index contributed by atoms with van der Waals surface area (Å²) in [6.45, 7) is 2.01. The van der Waals surface area contributed by atoms with E-state index in [1.807, 2.05) is 30.3 Å². The Balaban J connectivity index is 1.66. The molecule has 1 aromatic carbocycles. The van der Waals surface area contributed by atoms with Crippen molar-refractivity contribution in [1.29, 1.82) is 0 Å². The van der Waals surface area contributed by atoms with Gasteiger partial charge in [0.25, 0.3) is 0 Å². The lowest BCUT2D eigenvalue weighted by atomic mass is 10.0. The van der Waals surface area contributed by atoms with E-state index in [-0.39, 0.29) is 5.97 Å². The highest BCUT2D eigenvalue weighted by Crippen LogP contribution is 2.15. The summed E-state index contributed by atoms with van der Waals surface area (Å²) in [7, 11) is 0. The zero-order valence-corrected chi connectivity index (χ0v) is 11.8. The van der Waals surface area contributed by atoms with Gasteiger partial charge in [-0.3, -0.25) is 4.79 Å². The topological polar surface area (TPSA) is 61.6 Å². The van der Waals surface area contributed by atoms with Gasteiger partial charge < -0.3 is 15.2 Å². The second-order valence-corrected chi connectivity index (χ2v) is 5.32. The van der Waals surface area contributed by atoms with Gasteiger partial charge in [-0.1, -0.05) is 30.3 Å². The Kier molecular flexibility index (Phi) is 6.02. The fourth-order valence-electron chi connectivity index (χ4n) is 2.30. The van der Waals surface area contributed by atoms with E-state index in [9.17, 15) is 4.79 Å². The van der Waals surface area contributed by atoms with E-state index in [0.29, 0.717) is 18.9 Å². The Morgan fingerprint density at radius 1 is 1.30 bits per heavy atom. The van der Waals surface area contributed by atoms with Crippen LogP contribution < -0.4 is 5.73 Å². The van der Waals surface area contributed by atoms with E-state index in [2.05, 4.69) is 0 Å². The number of ether oxygens (including phenoxy) is 2. The molecule has 1 fully saturated rings. The van der Waals surface area contributed by atoms with Crippen molar-refractivity contribution in [1.82, 2.24) is 0 Å². The molecule has 0 spiro atoms. The average molecular weight is 277 g/mol. The van der Waals surface area contributed by atoms with Gasteiger partial charge in [-0.25, -0.2) is 0 Å². The Bertz CT molecular complexity index is 401. The summed E-state index contributed by atoms with van der Waals surface area (Å²) >= 11 is 0. The minimum Gasteiger partial charge on any atom is -0.464 e. The lowest BCUT2D eigenvalue weighted by Gasteiger charge is -2.22. The zero-order valence-electron chi connectivity index (χ0n) is 11.8. The largest absolute Gasteiger partial charge is 0.464 e. The molecule has 20 heavy (non-hydrogen) atoms. The van der Waals surface area contributed by atoms with Crippen LogP contribution in [0.25, 0.3) is 0 Å². The van der Waals surface area contributed by atoms with Crippen LogP contribution in [-0.2, 0) is 20.7 Å². The predicted molar refractivity (Wildman–Crippen MR) is 77.2 cm³/mol. The maximum atomic E-state index is 11.8. The molecule has 0 amide bonds. The maximum absolute atomic E-state index is 11.8. The minimum atomic E-state index is -0.532. The van der Waals surface area contributed by atoms with Gasteiger partial charge in [0, 0.05) is 13.2 Å². The number of carbonyl (C=O) groups is 1. The Labute approximate surface area is 120 Å². The predicted octanol–water partition coefficient (Wildman–Crippen LogP) is 1.92. The van der Waals surface area contributed by atoms with Gasteiger partial charge in [0.1, 0.15) is 6.04 Å². The van der Waals surface area contributed by atoms with Crippen LogP contribution in [0.5, 0.6) is 0 Å². The van der Waals surface area contributed by atoms with E-state index in [1.165, 1.54) is 5.56 Å². The van der Waals surface area contributed by atoms with Crippen LogP contribution >= 0.6 is 0 Å². The van der Waals surface area contributed by atoms with Gasteiger partial charge >= 0.3 is 5.97 Å². The van der Waals surface area contributed by atoms with Crippen LogP contribution in [0, 0.1) is 5.92 Å². The van der Waals surface area contributed by atoms with Gasteiger partial charge in [0.05, 0.1) is 6.61 Å². The molecule has 1 aliphatic rings. The van der Waals surface area contributed by atoms with Crippen molar-refractivity contribution >= 4 is 5.97 Å². The van der Waals surface area contributed by atoms with E-state index < -0.39 is 6.04 Å². The molecule has 1 atom stereocenters. The van der Waals surface area contributed by atoms with E-state index in [0.717, 1.165) is 32.5 Å². The summed E-state index contributed by atoms with van der Waals surface area (Å²) in [6, 6.07) is 9.51. The molecule has 0 radical (unpaired) electrons. The van der Waals surface area contributed by atoms with Gasteiger partial charge in [-0.15, -0.1) is 0 Å². The van der Waals surface area contributed by atoms with E-state index in [1.54, 1.807) is 0 Å². The molecule has 0 saturated carbocycles. The Hall–Kier alpha value is -1.39. The highest BCUT2D eigenvalue weighted by molar-refractivity contribution is 5.75. The highest BCUT2D eigenvalue weighted by atomic mass is 16.5. The molecule has 0 aromatic heterocycles. The summed E-state index contributed by atoms with van der Waals surface area (Å²) in [4.78, 5) is 11.8.